The minimum Gasteiger partial charge on any atom is -0.497 e. The van der Waals surface area contributed by atoms with E-state index in [0.29, 0.717) is 31.1 Å². The monoisotopic (exact) mass is 438 g/mol. The Kier molecular flexibility index (Phi) is 6.02. The Labute approximate surface area is 185 Å². The van der Waals surface area contributed by atoms with Crippen LogP contribution < -0.4 is 19.7 Å². The van der Waals surface area contributed by atoms with Gasteiger partial charge in [-0.25, -0.2) is 4.79 Å². The van der Waals surface area contributed by atoms with E-state index in [9.17, 15) is 14.4 Å². The molecule has 32 heavy (non-hydrogen) atoms. The lowest BCUT2D eigenvalue weighted by molar-refractivity contribution is -0.509. The third-order valence-electron chi connectivity index (χ3n) is 5.21. The van der Waals surface area contributed by atoms with Gasteiger partial charge in [0.2, 0.25) is 0 Å². The highest BCUT2D eigenvalue weighted by atomic mass is 16.5. The van der Waals surface area contributed by atoms with Crippen molar-refractivity contribution in [2.24, 2.45) is 5.11 Å². The first-order chi connectivity index (χ1) is 15.5. The molecule has 2 aliphatic rings. The predicted octanol–water partition coefficient (Wildman–Crippen LogP) is 1.67. The van der Waals surface area contributed by atoms with Gasteiger partial charge in [-0.1, -0.05) is 0 Å². The predicted molar refractivity (Wildman–Crippen MR) is 115 cm³/mol. The van der Waals surface area contributed by atoms with Crippen molar-refractivity contribution < 1.29 is 28.6 Å². The van der Waals surface area contributed by atoms with Crippen LogP contribution in [0.1, 0.15) is 6.92 Å². The number of rotatable bonds is 7. The Morgan fingerprint density at radius 1 is 1.06 bits per heavy atom. The number of azo groups is 2. The molecule has 4 rings (SSSR count). The lowest BCUT2D eigenvalue weighted by atomic mass is 10.3. The summed E-state index contributed by atoms with van der Waals surface area (Å²) >= 11 is 0. The molecule has 0 bridgehead atoms. The Morgan fingerprint density at radius 3 is 2.38 bits per heavy atom. The lowest BCUT2D eigenvalue weighted by Gasteiger charge is -2.27. The first-order valence-electron chi connectivity index (χ1n) is 10.3. The fourth-order valence-corrected chi connectivity index (χ4v) is 3.64. The topological polar surface area (TPSA) is 104 Å². The molecule has 2 aromatic carbocycles. The standard InChI is InChI=1S/C22H23N5O5/c1-3-32-18-10-6-16(7-11-18)25-12-13-26-20(29)21(30)27(24-22(25)26)14-19(28)23-15-4-8-17(31-2)9-5-15/h4-11,22H,3,12-14H2,1-2H3/p+1. The number of anilines is 2. The molecule has 1 fully saturated rings. The van der Waals surface area contributed by atoms with Gasteiger partial charge in [0.05, 0.1) is 13.7 Å². The smallest absolute Gasteiger partial charge is 0.497 e. The Balaban J connectivity index is 1.50. The molecule has 3 amide bonds. The molecule has 0 radical (unpaired) electrons. The van der Waals surface area contributed by atoms with Crippen LogP contribution in [0.5, 0.6) is 11.5 Å². The minimum atomic E-state index is -0.820. The highest BCUT2D eigenvalue weighted by molar-refractivity contribution is 6.32. The average Bonchev–Trinajstić information content (AvgIpc) is 3.22. The van der Waals surface area contributed by atoms with E-state index in [2.05, 4.69) is 10.4 Å². The molecular formula is C22H24N5O5+. The van der Waals surface area contributed by atoms with E-state index in [1.807, 2.05) is 36.1 Å². The lowest BCUT2D eigenvalue weighted by Crippen LogP contribution is -2.52. The molecule has 10 heteroatoms. The van der Waals surface area contributed by atoms with Crippen LogP contribution in [-0.4, -0.2) is 67.0 Å². The molecule has 1 atom stereocenters. The van der Waals surface area contributed by atoms with Gasteiger partial charge in [-0.15, -0.1) is 0 Å². The highest BCUT2D eigenvalue weighted by Crippen LogP contribution is 2.28. The molecule has 10 nitrogen and oxygen atoms in total. The zero-order valence-electron chi connectivity index (χ0n) is 17.9. The van der Waals surface area contributed by atoms with Gasteiger partial charge in [0.1, 0.15) is 11.5 Å². The highest BCUT2D eigenvalue weighted by Gasteiger charge is 2.49. The Bertz CT molecular complexity index is 1050. The molecule has 0 saturated carbocycles. The van der Waals surface area contributed by atoms with Gasteiger partial charge in [-0.2, -0.15) is 0 Å². The summed E-state index contributed by atoms with van der Waals surface area (Å²) < 4.78 is 11.5. The molecule has 2 aromatic rings. The van der Waals surface area contributed by atoms with Crippen molar-refractivity contribution in [3.8, 4) is 11.5 Å². The number of nitrogens with one attached hydrogen (secondary N) is 1. The van der Waals surface area contributed by atoms with Crippen molar-refractivity contribution >= 4 is 29.1 Å². The van der Waals surface area contributed by atoms with Gasteiger partial charge in [0.25, 0.3) is 18.7 Å². The average molecular weight is 438 g/mol. The van der Waals surface area contributed by atoms with Crippen LogP contribution in [-0.2, 0) is 14.4 Å². The van der Waals surface area contributed by atoms with E-state index >= 15 is 0 Å². The van der Waals surface area contributed by atoms with Crippen molar-refractivity contribution in [3.63, 3.8) is 0 Å². The first kappa shape index (κ1) is 21.3. The number of amides is 3. The summed E-state index contributed by atoms with van der Waals surface area (Å²) in [5.41, 5.74) is 1.39. The van der Waals surface area contributed by atoms with Gasteiger partial charge in [0, 0.05) is 29.6 Å². The fourth-order valence-electron chi connectivity index (χ4n) is 3.64. The van der Waals surface area contributed by atoms with Crippen LogP contribution in [0, 0.1) is 0 Å². The van der Waals surface area contributed by atoms with Crippen LogP contribution in [0.2, 0.25) is 0 Å². The van der Waals surface area contributed by atoms with E-state index in [0.717, 1.165) is 16.1 Å². The minimum absolute atomic E-state index is 0.363. The summed E-state index contributed by atoms with van der Waals surface area (Å²) in [7, 11) is 1.55. The van der Waals surface area contributed by atoms with Crippen LogP contribution in [0.25, 0.3) is 0 Å². The number of methoxy groups -OCH3 is 1. The molecule has 2 aliphatic heterocycles. The number of hydrogen-bond acceptors (Lipinski definition) is 7. The van der Waals surface area contributed by atoms with Crippen molar-refractivity contribution in [2.45, 2.75) is 13.2 Å². The number of hydrogen-bond donors (Lipinski definition) is 1. The second-order valence-electron chi connectivity index (χ2n) is 7.22. The quantitative estimate of drug-likeness (QED) is 0.521. The van der Waals surface area contributed by atoms with E-state index in [1.54, 1.807) is 31.4 Å². The van der Waals surface area contributed by atoms with Crippen molar-refractivity contribution in [1.29, 1.82) is 0 Å². The molecule has 0 aliphatic carbocycles. The second kappa shape index (κ2) is 9.04. The van der Waals surface area contributed by atoms with Crippen LogP contribution in [0.15, 0.2) is 53.6 Å². The third-order valence-corrected chi connectivity index (χ3v) is 5.21. The summed E-state index contributed by atoms with van der Waals surface area (Å²) in [6.45, 7) is 3.01. The number of ether oxygens (including phenoxy) is 2. The van der Waals surface area contributed by atoms with E-state index in [4.69, 9.17) is 9.47 Å². The SMILES string of the molecule is CCOc1ccc(N2CCN3C(=O)C(=O)[N+](CC(=O)Nc4ccc(OC)cc4)=NC32)cc1. The van der Waals surface area contributed by atoms with Crippen LogP contribution in [0.4, 0.5) is 11.4 Å². The maximum absolute atomic E-state index is 12.6. The molecule has 1 N–H and O–H groups in total. The third kappa shape index (κ3) is 4.25. The molecule has 1 saturated heterocycles. The Hall–Kier alpha value is -3.95. The molecule has 0 aromatic heterocycles. The zero-order valence-corrected chi connectivity index (χ0v) is 17.9. The normalized spacial score (nSPS) is 17.7. The summed E-state index contributed by atoms with van der Waals surface area (Å²) in [4.78, 5) is 40.9. The maximum atomic E-state index is 12.6. The summed E-state index contributed by atoms with van der Waals surface area (Å²) in [5.74, 6) is -0.545. The van der Waals surface area contributed by atoms with Crippen LogP contribution in [0.3, 0.4) is 0 Å². The van der Waals surface area contributed by atoms with E-state index < -0.39 is 24.0 Å². The molecule has 0 spiro atoms. The number of nitrogens with zero attached hydrogens (tertiary/aromatic N) is 4. The summed E-state index contributed by atoms with van der Waals surface area (Å²) in [6.07, 6.45) is -0.688. The van der Waals surface area contributed by atoms with E-state index in [-0.39, 0.29) is 6.54 Å². The van der Waals surface area contributed by atoms with Gasteiger partial charge in [-0.3, -0.25) is 14.5 Å². The summed E-state index contributed by atoms with van der Waals surface area (Å²) in [6, 6.07) is 14.2. The Morgan fingerprint density at radius 2 is 1.72 bits per heavy atom. The molecular weight excluding hydrogens is 414 g/mol. The second-order valence-corrected chi connectivity index (χ2v) is 7.22. The zero-order chi connectivity index (χ0) is 22.7. The number of benzene rings is 2. The number of fused-ring (bicyclic) bond motifs is 1. The summed E-state index contributed by atoms with van der Waals surface area (Å²) in [5, 5.41) is 7.10. The van der Waals surface area contributed by atoms with Gasteiger partial charge in [0.15, 0.2) is 0 Å². The van der Waals surface area contributed by atoms with Crippen LogP contribution >= 0.6 is 0 Å². The maximum Gasteiger partial charge on any atom is 0.502 e. The van der Waals surface area contributed by atoms with Crippen molar-refractivity contribution in [3.05, 3.63) is 48.5 Å². The molecule has 2 heterocycles. The largest absolute Gasteiger partial charge is 0.502 e. The fraction of sp³-hybridized carbons (Fsp3) is 0.318. The van der Waals surface area contributed by atoms with E-state index in [1.165, 1.54) is 4.90 Å². The van der Waals surface area contributed by atoms with Gasteiger partial charge < -0.3 is 19.7 Å². The van der Waals surface area contributed by atoms with Crippen molar-refractivity contribution in [2.75, 3.05) is 43.6 Å². The number of carbonyl (C=O) groups is 3. The van der Waals surface area contributed by atoms with Gasteiger partial charge in [-0.05, 0) is 60.2 Å². The van der Waals surface area contributed by atoms with Gasteiger partial charge >= 0.3 is 11.8 Å². The number of carbonyl (C=O) groups excluding carboxylic acids is 3. The molecule has 166 valence electrons. The van der Waals surface area contributed by atoms with Crippen molar-refractivity contribution in [1.82, 2.24) is 4.90 Å². The first-order valence-corrected chi connectivity index (χ1v) is 10.3. The molecule has 1 unspecified atom stereocenters.